The lowest BCUT2D eigenvalue weighted by Crippen LogP contribution is -2.04. The summed E-state index contributed by atoms with van der Waals surface area (Å²) in [5, 5.41) is 0. The maximum atomic E-state index is 13.2. The number of ketones is 1. The van der Waals surface area contributed by atoms with Crippen molar-refractivity contribution < 1.29 is 9.18 Å². The average molecular weight is 228 g/mol. The summed E-state index contributed by atoms with van der Waals surface area (Å²) in [5.41, 5.74) is 2.15. The van der Waals surface area contributed by atoms with Crippen LogP contribution in [0.25, 0.3) is 0 Å². The van der Waals surface area contributed by atoms with E-state index in [1.54, 1.807) is 13.0 Å². The first-order valence-corrected chi connectivity index (χ1v) is 5.49. The number of carbonyl (C=O) groups excluding carboxylic acids is 1. The fourth-order valence-corrected chi connectivity index (χ4v) is 1.78. The summed E-state index contributed by atoms with van der Waals surface area (Å²) in [5.74, 6) is -0.416. The molecule has 0 fully saturated rings. The van der Waals surface area contributed by atoms with Gasteiger partial charge in [0.05, 0.1) is 0 Å². The lowest BCUT2D eigenvalue weighted by molar-refractivity contribution is 0.0992. The molecule has 0 N–H and O–H groups in total. The molecular weight excluding hydrogens is 215 g/mol. The minimum Gasteiger partial charge on any atom is -0.294 e. The quantitative estimate of drug-likeness (QED) is 0.734. The zero-order valence-corrected chi connectivity index (χ0v) is 9.61. The summed E-state index contributed by atoms with van der Waals surface area (Å²) >= 11 is 0. The third kappa shape index (κ3) is 3.00. The molecule has 0 spiro atoms. The van der Waals surface area contributed by atoms with E-state index in [2.05, 4.69) is 0 Å². The van der Waals surface area contributed by atoms with Gasteiger partial charge in [0, 0.05) is 12.0 Å². The highest BCUT2D eigenvalue weighted by atomic mass is 19.1. The molecule has 0 bridgehead atoms. The van der Waals surface area contributed by atoms with Crippen molar-refractivity contribution in [3.05, 3.63) is 71.0 Å². The molecule has 2 aromatic rings. The standard InChI is InChI=1S/C15H13FO/c1-11-7-13(10-14(16)8-11)15(17)9-12-5-3-2-4-6-12/h2-8,10H,9H2,1H3. The van der Waals surface area contributed by atoms with Crippen molar-refractivity contribution in [3.63, 3.8) is 0 Å². The Hall–Kier alpha value is -1.96. The zero-order chi connectivity index (χ0) is 12.3. The monoisotopic (exact) mass is 228 g/mol. The largest absolute Gasteiger partial charge is 0.294 e. The number of rotatable bonds is 3. The van der Waals surface area contributed by atoms with Crippen LogP contribution in [-0.4, -0.2) is 5.78 Å². The molecule has 0 aliphatic carbocycles. The Kier molecular flexibility index (Phi) is 3.33. The molecular formula is C15H13FO. The number of hydrogen-bond acceptors (Lipinski definition) is 1. The van der Waals surface area contributed by atoms with Gasteiger partial charge in [0.25, 0.3) is 0 Å². The molecule has 17 heavy (non-hydrogen) atoms. The summed E-state index contributed by atoms with van der Waals surface area (Å²) in [6.07, 6.45) is 0.309. The van der Waals surface area contributed by atoms with Crippen molar-refractivity contribution in [2.24, 2.45) is 0 Å². The fraction of sp³-hybridized carbons (Fsp3) is 0.133. The van der Waals surface area contributed by atoms with Crippen molar-refractivity contribution in [2.75, 3.05) is 0 Å². The molecule has 0 atom stereocenters. The Labute approximate surface area is 99.9 Å². The maximum absolute atomic E-state index is 13.2. The molecule has 2 heteroatoms. The van der Waals surface area contributed by atoms with E-state index in [0.29, 0.717) is 12.0 Å². The molecule has 0 aromatic heterocycles. The molecule has 0 saturated carbocycles. The SMILES string of the molecule is Cc1cc(F)cc(C(=O)Cc2ccccc2)c1. The van der Waals surface area contributed by atoms with Gasteiger partial charge in [0.15, 0.2) is 5.78 Å². The third-order valence-electron chi connectivity index (χ3n) is 2.57. The third-order valence-corrected chi connectivity index (χ3v) is 2.57. The number of benzene rings is 2. The van der Waals surface area contributed by atoms with Crippen molar-refractivity contribution in [1.29, 1.82) is 0 Å². The smallest absolute Gasteiger partial charge is 0.167 e. The van der Waals surface area contributed by atoms with E-state index >= 15 is 0 Å². The molecule has 0 saturated heterocycles. The second-order valence-corrected chi connectivity index (χ2v) is 4.10. The predicted octanol–water partition coefficient (Wildman–Crippen LogP) is 3.56. The van der Waals surface area contributed by atoms with E-state index in [9.17, 15) is 9.18 Å². The highest BCUT2D eigenvalue weighted by Gasteiger charge is 2.08. The van der Waals surface area contributed by atoms with E-state index in [4.69, 9.17) is 0 Å². The average Bonchev–Trinajstić information content (AvgIpc) is 2.29. The molecule has 86 valence electrons. The van der Waals surface area contributed by atoms with Crippen LogP contribution in [0.5, 0.6) is 0 Å². The molecule has 2 rings (SSSR count). The Balaban J connectivity index is 2.20. The first-order chi connectivity index (χ1) is 8.15. The van der Waals surface area contributed by atoms with Gasteiger partial charge in [-0.05, 0) is 36.2 Å². The molecule has 0 aliphatic heterocycles. The topological polar surface area (TPSA) is 17.1 Å². The molecule has 2 aromatic carbocycles. The Morgan fingerprint density at radius 2 is 1.82 bits per heavy atom. The number of Topliss-reactive ketones (excluding diaryl/α,β-unsaturated/α-hetero) is 1. The van der Waals surface area contributed by atoms with E-state index in [0.717, 1.165) is 11.1 Å². The second-order valence-electron chi connectivity index (χ2n) is 4.10. The summed E-state index contributed by atoms with van der Waals surface area (Å²) in [6.45, 7) is 1.78. The van der Waals surface area contributed by atoms with Gasteiger partial charge >= 0.3 is 0 Å². The number of carbonyl (C=O) groups is 1. The summed E-state index contributed by atoms with van der Waals surface area (Å²) in [6, 6.07) is 13.9. The van der Waals surface area contributed by atoms with E-state index in [-0.39, 0.29) is 11.6 Å². The van der Waals surface area contributed by atoms with Gasteiger partial charge in [-0.2, -0.15) is 0 Å². The van der Waals surface area contributed by atoms with Gasteiger partial charge in [-0.1, -0.05) is 30.3 Å². The van der Waals surface area contributed by atoms with Crippen LogP contribution in [0.3, 0.4) is 0 Å². The summed E-state index contributed by atoms with van der Waals surface area (Å²) < 4.78 is 13.2. The molecule has 0 aliphatic rings. The number of halogens is 1. The predicted molar refractivity (Wildman–Crippen MR) is 65.6 cm³/mol. The second kappa shape index (κ2) is 4.91. The van der Waals surface area contributed by atoms with E-state index in [1.165, 1.54) is 12.1 Å². The number of hydrogen-bond donors (Lipinski definition) is 0. The van der Waals surface area contributed by atoms with Crippen LogP contribution in [0.2, 0.25) is 0 Å². The molecule has 0 amide bonds. The van der Waals surface area contributed by atoms with Gasteiger partial charge < -0.3 is 0 Å². The van der Waals surface area contributed by atoms with Crippen molar-refractivity contribution in [2.45, 2.75) is 13.3 Å². The lowest BCUT2D eigenvalue weighted by Gasteiger charge is -2.03. The van der Waals surface area contributed by atoms with E-state index < -0.39 is 0 Å². The molecule has 0 heterocycles. The Morgan fingerprint density at radius 1 is 1.12 bits per heavy atom. The Morgan fingerprint density at radius 3 is 2.47 bits per heavy atom. The van der Waals surface area contributed by atoms with Crippen LogP contribution in [0.4, 0.5) is 4.39 Å². The van der Waals surface area contributed by atoms with Gasteiger partial charge in [-0.25, -0.2) is 4.39 Å². The normalized spacial score (nSPS) is 10.2. The summed E-state index contributed by atoms with van der Waals surface area (Å²) in [4.78, 5) is 12.0. The van der Waals surface area contributed by atoms with Crippen LogP contribution < -0.4 is 0 Å². The van der Waals surface area contributed by atoms with Gasteiger partial charge in [0.2, 0.25) is 0 Å². The molecule has 0 radical (unpaired) electrons. The maximum Gasteiger partial charge on any atom is 0.167 e. The molecule has 0 unspecified atom stereocenters. The van der Waals surface area contributed by atoms with E-state index in [1.807, 2.05) is 30.3 Å². The lowest BCUT2D eigenvalue weighted by atomic mass is 10.0. The number of aryl methyl sites for hydroxylation is 1. The molecule has 1 nitrogen and oxygen atoms in total. The summed E-state index contributed by atoms with van der Waals surface area (Å²) in [7, 11) is 0. The van der Waals surface area contributed by atoms with Gasteiger partial charge in [-0.15, -0.1) is 0 Å². The highest BCUT2D eigenvalue weighted by molar-refractivity contribution is 5.97. The first kappa shape index (κ1) is 11.5. The van der Waals surface area contributed by atoms with Crippen molar-refractivity contribution >= 4 is 5.78 Å². The van der Waals surface area contributed by atoms with Crippen molar-refractivity contribution in [3.8, 4) is 0 Å². The van der Waals surface area contributed by atoms with Gasteiger partial charge in [0.1, 0.15) is 5.82 Å². The first-order valence-electron chi connectivity index (χ1n) is 5.49. The van der Waals surface area contributed by atoms with Crippen LogP contribution in [-0.2, 0) is 6.42 Å². The van der Waals surface area contributed by atoms with Gasteiger partial charge in [-0.3, -0.25) is 4.79 Å². The fourth-order valence-electron chi connectivity index (χ4n) is 1.78. The van der Waals surface area contributed by atoms with Crippen LogP contribution in [0, 0.1) is 12.7 Å². The minimum atomic E-state index is -0.360. The van der Waals surface area contributed by atoms with Crippen LogP contribution in [0.15, 0.2) is 48.5 Å². The highest BCUT2D eigenvalue weighted by Crippen LogP contribution is 2.12. The van der Waals surface area contributed by atoms with Crippen molar-refractivity contribution in [1.82, 2.24) is 0 Å². The Bertz CT molecular complexity index is 512. The van der Waals surface area contributed by atoms with Crippen LogP contribution in [0.1, 0.15) is 21.5 Å². The zero-order valence-electron chi connectivity index (χ0n) is 9.61. The minimum absolute atomic E-state index is 0.0567. The van der Waals surface area contributed by atoms with Crippen LogP contribution >= 0.6 is 0 Å².